The normalized spacial score (nSPS) is 11.3. The fourth-order valence-corrected chi connectivity index (χ4v) is 1.55. The number of rotatable bonds is 4. The molecule has 6 nitrogen and oxygen atoms in total. The summed E-state index contributed by atoms with van der Waals surface area (Å²) in [7, 11) is 1.65. The first kappa shape index (κ1) is 13.4. The molecule has 7 heteroatoms. The summed E-state index contributed by atoms with van der Waals surface area (Å²) < 4.78 is 0.744. The average Bonchev–Trinajstić information content (AvgIpc) is 2.34. The number of hydrogen-bond donors (Lipinski definition) is 2. The topological polar surface area (TPSA) is 91.8 Å². The minimum absolute atomic E-state index is 0.0945. The summed E-state index contributed by atoms with van der Waals surface area (Å²) in [6.07, 6.45) is 3.42. The van der Waals surface area contributed by atoms with Crippen LogP contribution in [0.5, 0.6) is 0 Å². The molecule has 3 N–H and O–H groups in total. The Bertz CT molecular complexity index is 436. The van der Waals surface area contributed by atoms with Crippen LogP contribution in [0.2, 0.25) is 0 Å². The van der Waals surface area contributed by atoms with E-state index in [4.69, 9.17) is 10.9 Å². The van der Waals surface area contributed by atoms with Crippen LogP contribution in [0.1, 0.15) is 16.8 Å². The number of pyridine rings is 1. The molecule has 0 aliphatic carbocycles. The third kappa shape index (κ3) is 4.03. The van der Waals surface area contributed by atoms with E-state index in [9.17, 15) is 4.79 Å². The molecule has 1 heterocycles. The molecule has 0 aromatic carbocycles. The Morgan fingerprint density at radius 1 is 1.65 bits per heavy atom. The maximum atomic E-state index is 11.9. The van der Waals surface area contributed by atoms with E-state index in [1.807, 2.05) is 0 Å². The highest BCUT2D eigenvalue weighted by Gasteiger charge is 2.12. The lowest BCUT2D eigenvalue weighted by atomic mass is 10.2. The SMILES string of the molecule is CN(CC/C(N)=N/O)C(=O)c1cncc(Br)c1. The predicted molar refractivity (Wildman–Crippen MR) is 66.9 cm³/mol. The first-order valence-corrected chi connectivity index (χ1v) is 5.66. The standard InChI is InChI=1S/C10H13BrN4O2/c1-15(3-2-9(12)14-17)10(16)7-4-8(11)6-13-5-7/h4-6,17H,2-3H2,1H3,(H2,12,14). The van der Waals surface area contributed by atoms with Crippen molar-refractivity contribution in [1.82, 2.24) is 9.88 Å². The molecule has 17 heavy (non-hydrogen) atoms. The Balaban J connectivity index is 2.64. The molecule has 0 bridgehead atoms. The van der Waals surface area contributed by atoms with Crippen LogP contribution in [0, 0.1) is 0 Å². The van der Waals surface area contributed by atoms with Crippen molar-refractivity contribution < 1.29 is 10.0 Å². The molecule has 0 saturated carbocycles. The Kier molecular flexibility index (Phi) is 4.89. The van der Waals surface area contributed by atoms with Gasteiger partial charge in [-0.15, -0.1) is 0 Å². The van der Waals surface area contributed by atoms with E-state index < -0.39 is 0 Å². The number of hydrogen-bond acceptors (Lipinski definition) is 4. The maximum Gasteiger partial charge on any atom is 0.255 e. The average molecular weight is 301 g/mol. The number of amides is 1. The van der Waals surface area contributed by atoms with Crippen LogP contribution in [0.3, 0.4) is 0 Å². The predicted octanol–water partition coefficient (Wildman–Crippen LogP) is 1.05. The summed E-state index contributed by atoms with van der Waals surface area (Å²) in [5.74, 6) is -0.0680. The summed E-state index contributed by atoms with van der Waals surface area (Å²) in [5, 5.41) is 11.2. The van der Waals surface area contributed by atoms with Gasteiger partial charge >= 0.3 is 0 Å². The number of carbonyl (C=O) groups excluding carboxylic acids is 1. The molecule has 92 valence electrons. The zero-order valence-electron chi connectivity index (χ0n) is 9.30. The monoisotopic (exact) mass is 300 g/mol. The van der Waals surface area contributed by atoms with Gasteiger partial charge < -0.3 is 15.8 Å². The van der Waals surface area contributed by atoms with E-state index in [1.165, 1.54) is 11.1 Å². The number of carbonyl (C=O) groups is 1. The first-order valence-electron chi connectivity index (χ1n) is 4.87. The Morgan fingerprint density at radius 2 is 2.35 bits per heavy atom. The van der Waals surface area contributed by atoms with Gasteiger partial charge in [0.25, 0.3) is 5.91 Å². The van der Waals surface area contributed by atoms with Crippen LogP contribution >= 0.6 is 15.9 Å². The van der Waals surface area contributed by atoms with E-state index in [0.29, 0.717) is 18.5 Å². The highest BCUT2D eigenvalue weighted by atomic mass is 79.9. The molecule has 1 rings (SSSR count). The van der Waals surface area contributed by atoms with Gasteiger partial charge in [-0.25, -0.2) is 0 Å². The Labute approximate surface area is 107 Å². The molecule has 0 unspecified atom stereocenters. The molecule has 1 aromatic rings. The van der Waals surface area contributed by atoms with Crippen molar-refractivity contribution in [2.24, 2.45) is 10.9 Å². The first-order chi connectivity index (χ1) is 8.04. The van der Waals surface area contributed by atoms with Gasteiger partial charge in [-0.05, 0) is 22.0 Å². The van der Waals surface area contributed by atoms with Gasteiger partial charge in [0.1, 0.15) is 5.84 Å². The van der Waals surface area contributed by atoms with Gasteiger partial charge in [0.15, 0.2) is 0 Å². The Hall–Kier alpha value is -1.63. The number of halogens is 1. The summed E-state index contributed by atoms with van der Waals surface area (Å²) in [6.45, 7) is 0.376. The fourth-order valence-electron chi connectivity index (χ4n) is 1.18. The highest BCUT2D eigenvalue weighted by molar-refractivity contribution is 9.10. The van der Waals surface area contributed by atoms with Crippen molar-refractivity contribution in [3.8, 4) is 0 Å². The lowest BCUT2D eigenvalue weighted by Crippen LogP contribution is -2.30. The van der Waals surface area contributed by atoms with Gasteiger partial charge in [-0.3, -0.25) is 9.78 Å². The van der Waals surface area contributed by atoms with Crippen molar-refractivity contribution >= 4 is 27.7 Å². The van der Waals surface area contributed by atoms with Crippen LogP contribution in [0.4, 0.5) is 0 Å². The minimum atomic E-state index is -0.162. The van der Waals surface area contributed by atoms with Crippen molar-refractivity contribution in [3.63, 3.8) is 0 Å². The minimum Gasteiger partial charge on any atom is -0.409 e. The Morgan fingerprint density at radius 3 is 2.94 bits per heavy atom. The second-order valence-electron chi connectivity index (χ2n) is 3.46. The van der Waals surface area contributed by atoms with Crippen molar-refractivity contribution in [2.75, 3.05) is 13.6 Å². The lowest BCUT2D eigenvalue weighted by molar-refractivity contribution is 0.0798. The van der Waals surface area contributed by atoms with E-state index in [0.717, 1.165) is 4.47 Å². The molecular weight excluding hydrogens is 288 g/mol. The molecule has 0 fully saturated rings. The van der Waals surface area contributed by atoms with Crippen LogP contribution in [0.15, 0.2) is 28.1 Å². The molecule has 0 atom stereocenters. The second kappa shape index (κ2) is 6.19. The van der Waals surface area contributed by atoms with Gasteiger partial charge in [-0.2, -0.15) is 0 Å². The van der Waals surface area contributed by atoms with Gasteiger partial charge in [0, 0.05) is 36.9 Å². The van der Waals surface area contributed by atoms with Crippen LogP contribution in [0.25, 0.3) is 0 Å². The largest absolute Gasteiger partial charge is 0.409 e. The van der Waals surface area contributed by atoms with Gasteiger partial charge in [0.05, 0.1) is 5.56 Å². The third-order valence-corrected chi connectivity index (χ3v) is 2.56. The fraction of sp³-hybridized carbons (Fsp3) is 0.300. The summed E-state index contributed by atoms with van der Waals surface area (Å²) in [6, 6.07) is 1.69. The zero-order valence-corrected chi connectivity index (χ0v) is 10.9. The van der Waals surface area contributed by atoms with Crippen molar-refractivity contribution in [3.05, 3.63) is 28.5 Å². The lowest BCUT2D eigenvalue weighted by Gasteiger charge is -2.16. The van der Waals surface area contributed by atoms with Crippen molar-refractivity contribution in [1.29, 1.82) is 0 Å². The molecule has 0 saturated heterocycles. The van der Waals surface area contributed by atoms with Crippen LogP contribution in [-0.2, 0) is 0 Å². The molecule has 1 amide bonds. The van der Waals surface area contributed by atoms with E-state index in [1.54, 1.807) is 19.3 Å². The summed E-state index contributed by atoms with van der Waals surface area (Å²) in [4.78, 5) is 17.3. The van der Waals surface area contributed by atoms with Crippen LogP contribution < -0.4 is 5.73 Å². The van der Waals surface area contributed by atoms with Gasteiger partial charge in [0.2, 0.25) is 0 Å². The van der Waals surface area contributed by atoms with E-state index >= 15 is 0 Å². The molecule has 0 radical (unpaired) electrons. The smallest absolute Gasteiger partial charge is 0.255 e. The number of amidine groups is 1. The van der Waals surface area contributed by atoms with Crippen LogP contribution in [-0.4, -0.2) is 40.4 Å². The molecule has 1 aromatic heterocycles. The summed E-state index contributed by atoms with van der Waals surface area (Å²) >= 11 is 3.25. The number of aromatic nitrogens is 1. The van der Waals surface area contributed by atoms with Crippen molar-refractivity contribution in [2.45, 2.75) is 6.42 Å². The quantitative estimate of drug-likeness (QED) is 0.376. The van der Waals surface area contributed by atoms with E-state index in [-0.39, 0.29) is 11.7 Å². The molecular formula is C10H13BrN4O2. The maximum absolute atomic E-state index is 11.9. The summed E-state index contributed by atoms with van der Waals surface area (Å²) in [5.41, 5.74) is 5.81. The number of nitrogens with zero attached hydrogens (tertiary/aromatic N) is 3. The van der Waals surface area contributed by atoms with Gasteiger partial charge in [-0.1, -0.05) is 5.16 Å². The number of nitrogens with two attached hydrogens (primary N) is 1. The number of oxime groups is 1. The highest BCUT2D eigenvalue weighted by Crippen LogP contribution is 2.11. The molecule has 0 spiro atoms. The van der Waals surface area contributed by atoms with E-state index in [2.05, 4.69) is 26.1 Å². The molecule has 0 aliphatic rings. The zero-order chi connectivity index (χ0) is 12.8. The third-order valence-electron chi connectivity index (χ3n) is 2.13. The second-order valence-corrected chi connectivity index (χ2v) is 4.38. The molecule has 0 aliphatic heterocycles.